The van der Waals surface area contributed by atoms with E-state index in [2.05, 4.69) is 19.9 Å². The van der Waals surface area contributed by atoms with E-state index >= 15 is 0 Å². The highest BCUT2D eigenvalue weighted by atomic mass is 32.2. The van der Waals surface area contributed by atoms with Gasteiger partial charge in [0.05, 0.1) is 12.3 Å². The Morgan fingerprint density at radius 3 is 2.73 bits per heavy atom. The van der Waals surface area contributed by atoms with Gasteiger partial charge in [0, 0.05) is 5.92 Å². The van der Waals surface area contributed by atoms with Crippen LogP contribution in [-0.2, 0) is 10.0 Å². The molecule has 1 aliphatic carbocycles. The van der Waals surface area contributed by atoms with Crippen LogP contribution in [0.4, 0.5) is 0 Å². The number of rotatable bonds is 4. The van der Waals surface area contributed by atoms with Gasteiger partial charge in [-0.15, -0.1) is 0 Å². The molecule has 1 aromatic heterocycles. The molecule has 1 aliphatic rings. The Morgan fingerprint density at radius 2 is 2.20 bits per heavy atom. The summed E-state index contributed by atoms with van der Waals surface area (Å²) in [5, 5.41) is 6.84. The van der Waals surface area contributed by atoms with Crippen molar-refractivity contribution in [3.05, 3.63) is 11.6 Å². The minimum atomic E-state index is -3.21. The van der Waals surface area contributed by atoms with E-state index in [0.717, 1.165) is 24.9 Å². The minimum absolute atomic E-state index is 0.385. The molecule has 84 valence electrons. The van der Waals surface area contributed by atoms with Crippen LogP contribution < -0.4 is 4.72 Å². The summed E-state index contributed by atoms with van der Waals surface area (Å²) in [6, 6.07) is -0.385. The van der Waals surface area contributed by atoms with Crippen LogP contribution in [0.3, 0.4) is 0 Å². The molecule has 0 radical (unpaired) electrons. The van der Waals surface area contributed by atoms with Crippen molar-refractivity contribution in [1.29, 1.82) is 0 Å². The predicted octanol–water partition coefficient (Wildman–Crippen LogP) is 0.292. The molecule has 1 aromatic rings. The first-order chi connectivity index (χ1) is 6.96. The molecule has 0 aliphatic heterocycles. The molecule has 0 saturated heterocycles. The second-order valence-corrected chi connectivity index (χ2v) is 5.74. The fourth-order valence-electron chi connectivity index (χ4n) is 1.39. The largest absolute Gasteiger partial charge is 0.263 e. The lowest BCUT2D eigenvalue weighted by molar-refractivity contribution is 0.566. The van der Waals surface area contributed by atoms with E-state index in [1.165, 1.54) is 0 Å². The summed E-state index contributed by atoms with van der Waals surface area (Å²) in [5.41, 5.74) is 0. The molecule has 1 saturated carbocycles. The molecule has 6 nitrogen and oxygen atoms in total. The van der Waals surface area contributed by atoms with Crippen LogP contribution in [0.5, 0.6) is 0 Å². The SMILES string of the molecule is CC(NS(C)(=O)=O)c1n[nH]c(C2CC2)n1. The lowest BCUT2D eigenvalue weighted by Crippen LogP contribution is -2.26. The van der Waals surface area contributed by atoms with E-state index in [0.29, 0.717) is 11.7 Å². The number of nitrogens with one attached hydrogen (secondary N) is 2. The number of sulfonamides is 1. The summed E-state index contributed by atoms with van der Waals surface area (Å²) in [6.45, 7) is 1.72. The van der Waals surface area contributed by atoms with Crippen molar-refractivity contribution in [2.75, 3.05) is 6.26 Å². The van der Waals surface area contributed by atoms with E-state index in [-0.39, 0.29) is 6.04 Å². The maximum Gasteiger partial charge on any atom is 0.209 e. The highest BCUT2D eigenvalue weighted by Gasteiger charge is 2.28. The van der Waals surface area contributed by atoms with Crippen molar-refractivity contribution in [3.8, 4) is 0 Å². The standard InChI is InChI=1S/C8H14N4O2S/c1-5(12-15(2,13)14)7-9-8(11-10-7)6-3-4-6/h5-6,12H,3-4H2,1-2H3,(H,9,10,11). The van der Waals surface area contributed by atoms with Crippen molar-refractivity contribution in [1.82, 2.24) is 19.9 Å². The number of aromatic amines is 1. The van der Waals surface area contributed by atoms with Gasteiger partial charge in [0.15, 0.2) is 5.82 Å². The highest BCUT2D eigenvalue weighted by molar-refractivity contribution is 7.88. The van der Waals surface area contributed by atoms with Crippen molar-refractivity contribution >= 4 is 10.0 Å². The maximum absolute atomic E-state index is 11.0. The zero-order chi connectivity index (χ0) is 11.1. The quantitative estimate of drug-likeness (QED) is 0.778. The Morgan fingerprint density at radius 1 is 1.53 bits per heavy atom. The Hall–Kier alpha value is -0.950. The van der Waals surface area contributed by atoms with Gasteiger partial charge in [0.1, 0.15) is 5.82 Å². The third-order valence-electron chi connectivity index (χ3n) is 2.26. The van der Waals surface area contributed by atoms with Crippen LogP contribution in [0.1, 0.15) is 43.4 Å². The zero-order valence-corrected chi connectivity index (χ0v) is 9.50. The smallest absolute Gasteiger partial charge is 0.209 e. The van der Waals surface area contributed by atoms with E-state index in [1.807, 2.05) is 0 Å². The van der Waals surface area contributed by atoms with Gasteiger partial charge in [0.2, 0.25) is 10.0 Å². The summed E-state index contributed by atoms with van der Waals surface area (Å²) in [5.74, 6) is 1.87. The predicted molar refractivity (Wildman–Crippen MR) is 54.8 cm³/mol. The molecule has 0 spiro atoms. The Bertz CT molecular complexity index is 449. The molecule has 2 rings (SSSR count). The Labute approximate surface area is 88.5 Å². The van der Waals surface area contributed by atoms with Gasteiger partial charge in [-0.2, -0.15) is 5.10 Å². The summed E-state index contributed by atoms with van der Waals surface area (Å²) in [4.78, 5) is 4.26. The molecule has 1 unspecified atom stereocenters. The monoisotopic (exact) mass is 230 g/mol. The van der Waals surface area contributed by atoms with Crippen LogP contribution in [0.25, 0.3) is 0 Å². The Kier molecular flexibility index (Phi) is 2.51. The summed E-state index contributed by atoms with van der Waals surface area (Å²) in [7, 11) is -3.21. The van der Waals surface area contributed by atoms with Crippen LogP contribution >= 0.6 is 0 Å². The van der Waals surface area contributed by atoms with Gasteiger partial charge in [-0.3, -0.25) is 5.10 Å². The molecule has 0 amide bonds. The second-order valence-electron chi connectivity index (χ2n) is 3.96. The Balaban J connectivity index is 2.08. The number of aromatic nitrogens is 3. The number of hydrogen-bond acceptors (Lipinski definition) is 4. The topological polar surface area (TPSA) is 87.7 Å². The average Bonchev–Trinajstić information content (AvgIpc) is 2.81. The summed E-state index contributed by atoms with van der Waals surface area (Å²) in [6.07, 6.45) is 3.41. The molecule has 1 heterocycles. The van der Waals surface area contributed by atoms with Gasteiger partial charge in [-0.25, -0.2) is 18.1 Å². The van der Waals surface area contributed by atoms with E-state index in [9.17, 15) is 8.42 Å². The lowest BCUT2D eigenvalue weighted by Gasteiger charge is -2.06. The van der Waals surface area contributed by atoms with Crippen LogP contribution in [0.15, 0.2) is 0 Å². The van der Waals surface area contributed by atoms with Gasteiger partial charge in [0.25, 0.3) is 0 Å². The van der Waals surface area contributed by atoms with Gasteiger partial charge in [-0.1, -0.05) is 0 Å². The van der Waals surface area contributed by atoms with Crippen molar-refractivity contribution in [2.24, 2.45) is 0 Å². The molecule has 15 heavy (non-hydrogen) atoms. The van der Waals surface area contributed by atoms with Crippen molar-refractivity contribution in [2.45, 2.75) is 31.7 Å². The fraction of sp³-hybridized carbons (Fsp3) is 0.750. The highest BCUT2D eigenvalue weighted by Crippen LogP contribution is 2.37. The summed E-state index contributed by atoms with van der Waals surface area (Å²) >= 11 is 0. The van der Waals surface area contributed by atoms with E-state index in [4.69, 9.17) is 0 Å². The van der Waals surface area contributed by atoms with Gasteiger partial charge in [-0.05, 0) is 19.8 Å². The number of hydrogen-bond donors (Lipinski definition) is 2. The lowest BCUT2D eigenvalue weighted by atomic mass is 10.3. The van der Waals surface area contributed by atoms with Crippen molar-refractivity contribution < 1.29 is 8.42 Å². The first kappa shape index (κ1) is 10.6. The molecule has 0 aromatic carbocycles. The molecular weight excluding hydrogens is 216 g/mol. The molecule has 1 atom stereocenters. The van der Waals surface area contributed by atoms with E-state index < -0.39 is 10.0 Å². The maximum atomic E-state index is 11.0. The zero-order valence-electron chi connectivity index (χ0n) is 8.69. The van der Waals surface area contributed by atoms with E-state index in [1.54, 1.807) is 6.92 Å². The van der Waals surface area contributed by atoms with Crippen LogP contribution in [0, 0.1) is 0 Å². The van der Waals surface area contributed by atoms with Crippen molar-refractivity contribution in [3.63, 3.8) is 0 Å². The average molecular weight is 230 g/mol. The number of nitrogens with zero attached hydrogens (tertiary/aromatic N) is 2. The van der Waals surface area contributed by atoms with Gasteiger partial charge >= 0.3 is 0 Å². The van der Waals surface area contributed by atoms with Crippen LogP contribution in [0.2, 0.25) is 0 Å². The molecular formula is C8H14N4O2S. The normalized spacial score (nSPS) is 19.1. The third-order valence-corrected chi connectivity index (χ3v) is 3.04. The molecule has 1 fully saturated rings. The first-order valence-electron chi connectivity index (χ1n) is 4.85. The third kappa shape index (κ3) is 2.75. The summed E-state index contributed by atoms with van der Waals surface area (Å²) < 4.78 is 24.4. The first-order valence-corrected chi connectivity index (χ1v) is 6.74. The second kappa shape index (κ2) is 3.57. The molecule has 2 N–H and O–H groups in total. The van der Waals surface area contributed by atoms with Crippen LogP contribution in [-0.4, -0.2) is 29.9 Å². The minimum Gasteiger partial charge on any atom is -0.263 e. The number of H-pyrrole nitrogens is 1. The fourth-order valence-corrected chi connectivity index (χ4v) is 2.14. The molecule has 7 heteroatoms. The van der Waals surface area contributed by atoms with Gasteiger partial charge < -0.3 is 0 Å². The molecule has 0 bridgehead atoms.